The van der Waals surface area contributed by atoms with Crippen LogP contribution in [0.4, 0.5) is 9.18 Å². The number of carboxylic acids is 1. The topological polar surface area (TPSA) is 78.4 Å². The van der Waals surface area contributed by atoms with Crippen LogP contribution in [0, 0.1) is 5.82 Å². The molecule has 0 saturated carbocycles. The Morgan fingerprint density at radius 2 is 1.85 bits per heavy atom. The number of urea groups is 1. The third-order valence-electron chi connectivity index (χ3n) is 2.84. The van der Waals surface area contributed by atoms with Gasteiger partial charge in [-0.05, 0) is 37.5 Å². The fourth-order valence-electron chi connectivity index (χ4n) is 1.79. The predicted octanol–water partition coefficient (Wildman–Crippen LogP) is 1.92. The van der Waals surface area contributed by atoms with Crippen LogP contribution in [-0.2, 0) is 11.2 Å². The Bertz CT molecular complexity index is 462. The van der Waals surface area contributed by atoms with Gasteiger partial charge in [-0.3, -0.25) is 0 Å². The molecule has 0 saturated heterocycles. The Kier molecular flexibility index (Phi) is 5.96. The molecule has 0 aliphatic carbocycles. The number of halogens is 1. The summed E-state index contributed by atoms with van der Waals surface area (Å²) in [7, 11) is 0. The Morgan fingerprint density at radius 3 is 2.35 bits per heavy atom. The average molecular weight is 282 g/mol. The van der Waals surface area contributed by atoms with E-state index in [4.69, 9.17) is 5.11 Å². The third-order valence-corrected chi connectivity index (χ3v) is 2.84. The number of nitrogens with one attached hydrogen (secondary N) is 2. The van der Waals surface area contributed by atoms with Crippen LogP contribution in [0.15, 0.2) is 24.3 Å². The molecule has 2 atom stereocenters. The monoisotopic (exact) mass is 282 g/mol. The van der Waals surface area contributed by atoms with Crippen molar-refractivity contribution in [2.75, 3.05) is 0 Å². The summed E-state index contributed by atoms with van der Waals surface area (Å²) in [6.45, 7) is 3.48. The largest absolute Gasteiger partial charge is 0.480 e. The first-order valence-corrected chi connectivity index (χ1v) is 6.46. The van der Waals surface area contributed by atoms with Crippen LogP contribution in [0.25, 0.3) is 0 Å². The summed E-state index contributed by atoms with van der Waals surface area (Å²) in [5.41, 5.74) is 0.893. The number of amides is 2. The number of carbonyl (C=O) groups is 2. The lowest BCUT2D eigenvalue weighted by atomic mass is 10.1. The van der Waals surface area contributed by atoms with Crippen molar-refractivity contribution < 1.29 is 19.1 Å². The van der Waals surface area contributed by atoms with E-state index in [1.165, 1.54) is 12.1 Å². The number of carboxylic acid groups (broad SMARTS) is 1. The molecule has 0 fully saturated rings. The highest BCUT2D eigenvalue weighted by Crippen LogP contribution is 2.05. The highest BCUT2D eigenvalue weighted by Gasteiger charge is 2.18. The molecule has 0 bridgehead atoms. The predicted molar refractivity (Wildman–Crippen MR) is 72.9 cm³/mol. The zero-order valence-corrected chi connectivity index (χ0v) is 11.5. The zero-order chi connectivity index (χ0) is 15.1. The summed E-state index contributed by atoms with van der Waals surface area (Å²) in [6.07, 6.45) is 0.854. The van der Waals surface area contributed by atoms with Crippen molar-refractivity contribution >= 4 is 12.0 Å². The van der Waals surface area contributed by atoms with E-state index in [1.807, 2.05) is 0 Å². The van der Waals surface area contributed by atoms with E-state index >= 15 is 0 Å². The second-order valence-electron chi connectivity index (χ2n) is 4.65. The van der Waals surface area contributed by atoms with Crippen LogP contribution in [-0.4, -0.2) is 29.2 Å². The summed E-state index contributed by atoms with van der Waals surface area (Å²) < 4.78 is 12.8. The van der Waals surface area contributed by atoms with Crippen molar-refractivity contribution in [2.45, 2.75) is 38.8 Å². The maximum atomic E-state index is 12.8. The van der Waals surface area contributed by atoms with Crippen LogP contribution < -0.4 is 10.6 Å². The number of carbonyl (C=O) groups excluding carboxylic acids is 1. The van der Waals surface area contributed by atoms with Gasteiger partial charge in [0.25, 0.3) is 0 Å². The van der Waals surface area contributed by atoms with Crippen molar-refractivity contribution in [2.24, 2.45) is 0 Å². The molecule has 110 valence electrons. The molecular formula is C14H19FN2O3. The van der Waals surface area contributed by atoms with E-state index in [0.717, 1.165) is 5.56 Å². The van der Waals surface area contributed by atoms with Gasteiger partial charge in [-0.2, -0.15) is 0 Å². The molecule has 5 nitrogen and oxygen atoms in total. The number of benzene rings is 1. The van der Waals surface area contributed by atoms with E-state index in [9.17, 15) is 14.0 Å². The van der Waals surface area contributed by atoms with Crippen LogP contribution in [0.5, 0.6) is 0 Å². The van der Waals surface area contributed by atoms with Gasteiger partial charge in [0.1, 0.15) is 11.9 Å². The molecule has 20 heavy (non-hydrogen) atoms. The smallest absolute Gasteiger partial charge is 0.326 e. The normalized spacial score (nSPS) is 13.3. The van der Waals surface area contributed by atoms with E-state index in [2.05, 4.69) is 10.6 Å². The van der Waals surface area contributed by atoms with Gasteiger partial charge < -0.3 is 15.7 Å². The molecule has 1 rings (SSSR count). The summed E-state index contributed by atoms with van der Waals surface area (Å²) in [5.74, 6) is -1.37. The van der Waals surface area contributed by atoms with Crippen LogP contribution in [0.2, 0.25) is 0 Å². The third kappa shape index (κ3) is 5.26. The zero-order valence-electron chi connectivity index (χ0n) is 11.5. The van der Waals surface area contributed by atoms with E-state index in [-0.39, 0.29) is 11.9 Å². The van der Waals surface area contributed by atoms with Crippen LogP contribution in [0.1, 0.15) is 25.8 Å². The molecule has 0 aromatic heterocycles. The maximum absolute atomic E-state index is 12.8. The quantitative estimate of drug-likeness (QED) is 0.746. The number of hydrogen-bond donors (Lipinski definition) is 3. The van der Waals surface area contributed by atoms with E-state index in [0.29, 0.717) is 12.8 Å². The summed E-state index contributed by atoms with van der Waals surface area (Å²) in [5, 5.41) is 13.9. The summed E-state index contributed by atoms with van der Waals surface area (Å²) >= 11 is 0. The van der Waals surface area contributed by atoms with Gasteiger partial charge in [0.2, 0.25) is 0 Å². The average Bonchev–Trinajstić information content (AvgIpc) is 2.38. The Hall–Kier alpha value is -2.11. The molecule has 0 aliphatic rings. The molecule has 1 aromatic rings. The highest BCUT2D eigenvalue weighted by molar-refractivity contribution is 5.82. The summed E-state index contributed by atoms with van der Waals surface area (Å²) in [4.78, 5) is 22.4. The molecule has 0 radical (unpaired) electrons. The molecule has 0 aliphatic heterocycles. The van der Waals surface area contributed by atoms with Gasteiger partial charge in [-0.25, -0.2) is 14.0 Å². The first-order valence-electron chi connectivity index (χ1n) is 6.46. The molecule has 1 aromatic carbocycles. The van der Waals surface area contributed by atoms with Crippen molar-refractivity contribution in [3.05, 3.63) is 35.6 Å². The van der Waals surface area contributed by atoms with E-state index in [1.54, 1.807) is 26.0 Å². The second kappa shape index (κ2) is 7.47. The molecular weight excluding hydrogens is 263 g/mol. The van der Waals surface area contributed by atoms with E-state index < -0.39 is 18.0 Å². The minimum absolute atomic E-state index is 0.188. The van der Waals surface area contributed by atoms with Crippen molar-refractivity contribution in [3.63, 3.8) is 0 Å². The Morgan fingerprint density at radius 1 is 1.25 bits per heavy atom. The van der Waals surface area contributed by atoms with Crippen LogP contribution in [0.3, 0.4) is 0 Å². The fraction of sp³-hybridized carbons (Fsp3) is 0.429. The van der Waals surface area contributed by atoms with Gasteiger partial charge in [0.05, 0.1) is 0 Å². The molecule has 0 spiro atoms. The lowest BCUT2D eigenvalue weighted by Crippen LogP contribution is -2.48. The number of hydrogen-bond acceptors (Lipinski definition) is 2. The standard InChI is InChI=1S/C14H19FN2O3/c1-3-12(13(18)19)17-14(20)16-9(2)8-10-4-6-11(15)7-5-10/h4-7,9,12H,3,8H2,1-2H3,(H,18,19)(H2,16,17,20). The number of rotatable bonds is 6. The molecule has 6 heteroatoms. The Balaban J connectivity index is 2.45. The molecule has 0 heterocycles. The van der Waals surface area contributed by atoms with Gasteiger partial charge in [0.15, 0.2) is 0 Å². The van der Waals surface area contributed by atoms with Gasteiger partial charge >= 0.3 is 12.0 Å². The first-order chi connectivity index (χ1) is 9.42. The lowest BCUT2D eigenvalue weighted by Gasteiger charge is -2.17. The molecule has 2 unspecified atom stereocenters. The van der Waals surface area contributed by atoms with Crippen molar-refractivity contribution in [1.82, 2.24) is 10.6 Å². The highest BCUT2D eigenvalue weighted by atomic mass is 19.1. The SMILES string of the molecule is CCC(NC(=O)NC(C)Cc1ccc(F)cc1)C(=O)O. The summed E-state index contributed by atoms with van der Waals surface area (Å²) in [6, 6.07) is 4.42. The van der Waals surface area contributed by atoms with Crippen molar-refractivity contribution in [3.8, 4) is 0 Å². The van der Waals surface area contributed by atoms with Gasteiger partial charge in [-0.15, -0.1) is 0 Å². The fourth-order valence-corrected chi connectivity index (χ4v) is 1.79. The van der Waals surface area contributed by atoms with Gasteiger partial charge in [0, 0.05) is 6.04 Å². The van der Waals surface area contributed by atoms with Crippen molar-refractivity contribution in [1.29, 1.82) is 0 Å². The minimum Gasteiger partial charge on any atom is -0.480 e. The Labute approximate surface area is 117 Å². The first kappa shape index (κ1) is 15.9. The lowest BCUT2D eigenvalue weighted by molar-refractivity contribution is -0.139. The molecule has 2 amide bonds. The maximum Gasteiger partial charge on any atom is 0.326 e. The second-order valence-corrected chi connectivity index (χ2v) is 4.65. The molecule has 3 N–H and O–H groups in total. The van der Waals surface area contributed by atoms with Gasteiger partial charge in [-0.1, -0.05) is 19.1 Å². The van der Waals surface area contributed by atoms with Crippen LogP contribution >= 0.6 is 0 Å². The number of aliphatic carboxylic acids is 1. The minimum atomic E-state index is -1.06.